The molecular weight excluding hydrogens is 240 g/mol. The molecule has 0 radical (unpaired) electrons. The van der Waals surface area contributed by atoms with Gasteiger partial charge in [-0.3, -0.25) is 9.48 Å². The molecule has 2 atom stereocenters. The number of carbonyl (C=O) groups excluding carboxylic acids is 1. The third kappa shape index (κ3) is 2.83. The highest BCUT2D eigenvalue weighted by Crippen LogP contribution is 2.19. The van der Waals surface area contributed by atoms with Crippen LogP contribution in [0.15, 0.2) is 6.33 Å². The van der Waals surface area contributed by atoms with Crippen molar-refractivity contribution in [2.24, 2.45) is 7.05 Å². The summed E-state index contributed by atoms with van der Waals surface area (Å²) in [5.74, 6) is -0.860. The summed E-state index contributed by atoms with van der Waals surface area (Å²) in [4.78, 5) is 26.3. The molecule has 1 aliphatic rings. The maximum absolute atomic E-state index is 11.7. The number of carbonyl (C=O) groups is 2. The molecule has 1 amide bonds. The number of hydrogen-bond acceptors (Lipinski definition) is 5. The molecule has 2 rings (SSSR count). The Morgan fingerprint density at radius 1 is 1.56 bits per heavy atom. The van der Waals surface area contributed by atoms with E-state index in [0.717, 1.165) is 0 Å². The lowest BCUT2D eigenvalue weighted by Gasteiger charge is -2.10. The van der Waals surface area contributed by atoms with Crippen LogP contribution in [0.5, 0.6) is 0 Å². The van der Waals surface area contributed by atoms with Crippen LogP contribution in [0.4, 0.5) is 0 Å². The average Bonchev–Trinajstić information content (AvgIpc) is 2.94. The lowest BCUT2D eigenvalue weighted by molar-refractivity contribution is -0.151. The van der Waals surface area contributed by atoms with Gasteiger partial charge in [0.15, 0.2) is 11.9 Å². The van der Waals surface area contributed by atoms with Crippen LogP contribution in [0.2, 0.25) is 0 Å². The predicted molar refractivity (Wildman–Crippen MR) is 58.4 cm³/mol. The number of nitrogens with one attached hydrogen (secondary N) is 1. The SMILES string of the molecule is Cn1cnc(CNC(=O)C2CCC(C(=O)O)O2)n1. The molecule has 0 spiro atoms. The van der Waals surface area contributed by atoms with Crippen LogP contribution < -0.4 is 5.32 Å². The molecule has 1 saturated heterocycles. The molecule has 1 fully saturated rings. The van der Waals surface area contributed by atoms with Gasteiger partial charge >= 0.3 is 5.97 Å². The number of aryl methyl sites for hydroxylation is 1. The third-order valence-electron chi connectivity index (χ3n) is 2.66. The quantitative estimate of drug-likeness (QED) is 0.718. The van der Waals surface area contributed by atoms with Gasteiger partial charge in [0, 0.05) is 7.05 Å². The van der Waals surface area contributed by atoms with Crippen molar-refractivity contribution in [1.82, 2.24) is 20.1 Å². The maximum Gasteiger partial charge on any atom is 0.332 e. The Bertz CT molecular complexity index is 458. The molecule has 0 aliphatic carbocycles. The number of aromatic nitrogens is 3. The Labute approximate surface area is 103 Å². The minimum atomic E-state index is -1.03. The van der Waals surface area contributed by atoms with E-state index in [1.807, 2.05) is 0 Å². The first kappa shape index (κ1) is 12.5. The average molecular weight is 254 g/mol. The minimum Gasteiger partial charge on any atom is -0.479 e. The zero-order chi connectivity index (χ0) is 13.1. The van der Waals surface area contributed by atoms with Gasteiger partial charge in [-0.05, 0) is 12.8 Å². The summed E-state index contributed by atoms with van der Waals surface area (Å²) in [5.41, 5.74) is 0. The first-order valence-corrected chi connectivity index (χ1v) is 5.57. The Balaban J connectivity index is 1.80. The van der Waals surface area contributed by atoms with Crippen LogP contribution in [-0.4, -0.2) is 44.0 Å². The molecule has 18 heavy (non-hydrogen) atoms. The second kappa shape index (κ2) is 5.13. The summed E-state index contributed by atoms with van der Waals surface area (Å²) in [6, 6.07) is 0. The van der Waals surface area contributed by atoms with Crippen LogP contribution in [0, 0.1) is 0 Å². The Morgan fingerprint density at radius 3 is 2.83 bits per heavy atom. The van der Waals surface area contributed by atoms with E-state index in [1.54, 1.807) is 7.05 Å². The summed E-state index contributed by atoms with van der Waals surface area (Å²) < 4.78 is 6.66. The molecule has 0 saturated carbocycles. The van der Waals surface area contributed by atoms with Gasteiger partial charge < -0.3 is 15.2 Å². The number of aliphatic carboxylic acids is 1. The number of carboxylic acid groups (broad SMARTS) is 1. The fourth-order valence-electron chi connectivity index (χ4n) is 1.76. The van der Waals surface area contributed by atoms with Gasteiger partial charge in [0.1, 0.15) is 12.4 Å². The first-order valence-electron chi connectivity index (χ1n) is 5.57. The van der Waals surface area contributed by atoms with E-state index < -0.39 is 18.2 Å². The molecule has 1 aromatic rings. The van der Waals surface area contributed by atoms with E-state index in [0.29, 0.717) is 18.7 Å². The highest BCUT2D eigenvalue weighted by molar-refractivity contribution is 5.82. The van der Waals surface area contributed by atoms with Gasteiger partial charge in [-0.15, -0.1) is 0 Å². The fourth-order valence-corrected chi connectivity index (χ4v) is 1.76. The Morgan fingerprint density at radius 2 is 2.28 bits per heavy atom. The van der Waals surface area contributed by atoms with Crippen LogP contribution >= 0.6 is 0 Å². The second-order valence-corrected chi connectivity index (χ2v) is 4.08. The van der Waals surface area contributed by atoms with E-state index >= 15 is 0 Å². The maximum atomic E-state index is 11.7. The topological polar surface area (TPSA) is 106 Å². The van der Waals surface area contributed by atoms with Crippen LogP contribution in [0.3, 0.4) is 0 Å². The normalized spacial score (nSPS) is 22.9. The summed E-state index contributed by atoms with van der Waals surface area (Å²) in [6.07, 6.45) is 0.727. The molecule has 2 heterocycles. The van der Waals surface area contributed by atoms with Gasteiger partial charge in [0.2, 0.25) is 5.91 Å². The van der Waals surface area contributed by atoms with E-state index in [9.17, 15) is 9.59 Å². The highest BCUT2D eigenvalue weighted by Gasteiger charge is 2.34. The van der Waals surface area contributed by atoms with Gasteiger partial charge in [0.05, 0.1) is 6.54 Å². The summed E-state index contributed by atoms with van der Waals surface area (Å²) >= 11 is 0. The summed E-state index contributed by atoms with van der Waals surface area (Å²) in [6.45, 7) is 0.206. The first-order chi connectivity index (χ1) is 8.56. The van der Waals surface area contributed by atoms with Crippen molar-refractivity contribution < 1.29 is 19.4 Å². The van der Waals surface area contributed by atoms with Crippen molar-refractivity contribution >= 4 is 11.9 Å². The van der Waals surface area contributed by atoms with Crippen molar-refractivity contribution in [1.29, 1.82) is 0 Å². The number of amides is 1. The van der Waals surface area contributed by atoms with Crippen LogP contribution in [-0.2, 0) is 27.9 Å². The van der Waals surface area contributed by atoms with Gasteiger partial charge in [0.25, 0.3) is 0 Å². The molecule has 98 valence electrons. The smallest absolute Gasteiger partial charge is 0.332 e. The van der Waals surface area contributed by atoms with Crippen molar-refractivity contribution in [3.63, 3.8) is 0 Å². The van der Waals surface area contributed by atoms with Gasteiger partial charge in [-0.1, -0.05) is 0 Å². The molecule has 1 aromatic heterocycles. The van der Waals surface area contributed by atoms with Crippen LogP contribution in [0.25, 0.3) is 0 Å². The van der Waals surface area contributed by atoms with E-state index in [2.05, 4.69) is 15.4 Å². The van der Waals surface area contributed by atoms with Gasteiger partial charge in [-0.25, -0.2) is 9.78 Å². The number of carboxylic acids is 1. The second-order valence-electron chi connectivity index (χ2n) is 4.08. The predicted octanol–water partition coefficient (Wildman–Crippen LogP) is -0.936. The van der Waals surface area contributed by atoms with Crippen molar-refractivity contribution in [3.05, 3.63) is 12.2 Å². The lowest BCUT2D eigenvalue weighted by Crippen LogP contribution is -2.35. The minimum absolute atomic E-state index is 0.206. The van der Waals surface area contributed by atoms with Crippen LogP contribution in [0.1, 0.15) is 18.7 Å². The standard InChI is InChI=1S/C10H14N4O4/c1-14-5-12-8(13-14)4-11-9(15)6-2-3-7(18-6)10(16)17/h5-7H,2-4H2,1H3,(H,11,15)(H,16,17). The number of rotatable bonds is 4. The van der Waals surface area contributed by atoms with E-state index in [-0.39, 0.29) is 12.5 Å². The monoisotopic (exact) mass is 254 g/mol. The molecular formula is C10H14N4O4. The summed E-state index contributed by atoms with van der Waals surface area (Å²) in [5, 5.41) is 15.4. The molecule has 0 bridgehead atoms. The highest BCUT2D eigenvalue weighted by atomic mass is 16.5. The number of hydrogen-bond donors (Lipinski definition) is 2. The molecule has 2 unspecified atom stereocenters. The number of ether oxygens (including phenoxy) is 1. The fraction of sp³-hybridized carbons (Fsp3) is 0.600. The van der Waals surface area contributed by atoms with E-state index in [1.165, 1.54) is 11.0 Å². The zero-order valence-electron chi connectivity index (χ0n) is 9.87. The zero-order valence-corrected chi connectivity index (χ0v) is 9.87. The third-order valence-corrected chi connectivity index (χ3v) is 2.66. The Kier molecular flexibility index (Phi) is 3.56. The lowest BCUT2D eigenvalue weighted by atomic mass is 10.2. The van der Waals surface area contributed by atoms with Crippen molar-refractivity contribution in [3.8, 4) is 0 Å². The molecule has 2 N–H and O–H groups in total. The summed E-state index contributed by atoms with van der Waals surface area (Å²) in [7, 11) is 1.73. The van der Waals surface area contributed by atoms with Crippen molar-refractivity contribution in [2.45, 2.75) is 31.6 Å². The Hall–Kier alpha value is -1.96. The van der Waals surface area contributed by atoms with Crippen molar-refractivity contribution in [2.75, 3.05) is 0 Å². The largest absolute Gasteiger partial charge is 0.479 e. The molecule has 1 aliphatic heterocycles. The van der Waals surface area contributed by atoms with E-state index in [4.69, 9.17) is 9.84 Å². The molecule has 0 aromatic carbocycles. The molecule has 8 nitrogen and oxygen atoms in total. The molecule has 8 heteroatoms. The van der Waals surface area contributed by atoms with Gasteiger partial charge in [-0.2, -0.15) is 5.10 Å². The number of nitrogens with zero attached hydrogens (tertiary/aromatic N) is 3.